The SMILES string of the molecule is CC(=O)SCCCCc1ccc2c(c1)C1(CCN(C(=O)O)C1)CN2C(=O)O. The van der Waals surface area contributed by atoms with E-state index < -0.39 is 17.6 Å². The van der Waals surface area contributed by atoms with Gasteiger partial charge in [0.05, 0.1) is 5.69 Å². The first-order valence-corrected chi connectivity index (χ1v) is 10.1. The molecule has 1 fully saturated rings. The molecule has 2 aliphatic rings. The Kier molecular flexibility index (Phi) is 5.64. The second kappa shape index (κ2) is 7.80. The third-order valence-electron chi connectivity index (χ3n) is 5.40. The molecule has 27 heavy (non-hydrogen) atoms. The quantitative estimate of drug-likeness (QED) is 0.745. The van der Waals surface area contributed by atoms with Crippen LogP contribution in [-0.2, 0) is 16.6 Å². The second-order valence-electron chi connectivity index (χ2n) is 7.25. The number of carbonyl (C=O) groups is 3. The largest absolute Gasteiger partial charge is 0.465 e. The number of nitrogens with zero attached hydrogens (tertiary/aromatic N) is 2. The Balaban J connectivity index is 1.77. The minimum atomic E-state index is -1.00. The number of carboxylic acid groups (broad SMARTS) is 2. The van der Waals surface area contributed by atoms with Crippen LogP contribution >= 0.6 is 11.8 Å². The summed E-state index contributed by atoms with van der Waals surface area (Å²) < 4.78 is 0. The molecule has 2 aliphatic heterocycles. The van der Waals surface area contributed by atoms with Crippen molar-refractivity contribution in [3.8, 4) is 0 Å². The third kappa shape index (κ3) is 4.05. The van der Waals surface area contributed by atoms with Crippen molar-refractivity contribution in [1.82, 2.24) is 4.90 Å². The molecule has 1 aromatic rings. The fraction of sp³-hybridized carbons (Fsp3) is 0.526. The van der Waals surface area contributed by atoms with Crippen molar-refractivity contribution in [2.24, 2.45) is 0 Å². The zero-order chi connectivity index (χ0) is 19.6. The number of fused-ring (bicyclic) bond motifs is 2. The van der Waals surface area contributed by atoms with Crippen molar-refractivity contribution in [3.05, 3.63) is 29.3 Å². The van der Waals surface area contributed by atoms with E-state index in [4.69, 9.17) is 0 Å². The normalized spacial score (nSPS) is 20.9. The molecule has 0 aliphatic carbocycles. The van der Waals surface area contributed by atoms with Crippen molar-refractivity contribution >= 4 is 34.8 Å². The van der Waals surface area contributed by atoms with Crippen LogP contribution in [0.1, 0.15) is 37.3 Å². The molecule has 3 rings (SSSR count). The fourth-order valence-electron chi connectivity index (χ4n) is 4.07. The Morgan fingerprint density at radius 3 is 2.56 bits per heavy atom. The van der Waals surface area contributed by atoms with Gasteiger partial charge in [-0.25, -0.2) is 9.59 Å². The number of hydrogen-bond donors (Lipinski definition) is 2. The van der Waals surface area contributed by atoms with Crippen molar-refractivity contribution < 1.29 is 24.6 Å². The van der Waals surface area contributed by atoms with Crippen LogP contribution in [0.2, 0.25) is 0 Å². The third-order valence-corrected chi connectivity index (χ3v) is 6.30. The number of benzene rings is 1. The highest BCUT2D eigenvalue weighted by molar-refractivity contribution is 8.13. The summed E-state index contributed by atoms with van der Waals surface area (Å²) in [5.41, 5.74) is 2.30. The fourth-order valence-corrected chi connectivity index (χ4v) is 4.71. The topological polar surface area (TPSA) is 98.2 Å². The number of carbonyl (C=O) groups excluding carboxylic acids is 1. The summed E-state index contributed by atoms with van der Waals surface area (Å²) in [6, 6.07) is 5.86. The Morgan fingerprint density at radius 2 is 1.93 bits per heavy atom. The van der Waals surface area contributed by atoms with E-state index in [-0.39, 0.29) is 5.12 Å². The van der Waals surface area contributed by atoms with Crippen molar-refractivity contribution in [2.75, 3.05) is 30.3 Å². The number of aryl methyl sites for hydroxylation is 1. The Bertz CT molecular complexity index is 768. The van der Waals surface area contributed by atoms with Gasteiger partial charge in [-0.1, -0.05) is 23.9 Å². The summed E-state index contributed by atoms with van der Waals surface area (Å²) in [7, 11) is 0. The van der Waals surface area contributed by atoms with Gasteiger partial charge in [-0.2, -0.15) is 0 Å². The Hall–Kier alpha value is -2.22. The summed E-state index contributed by atoms with van der Waals surface area (Å²) in [6.45, 7) is 2.63. The lowest BCUT2D eigenvalue weighted by molar-refractivity contribution is -0.109. The molecule has 0 aromatic heterocycles. The predicted octanol–water partition coefficient (Wildman–Crippen LogP) is 3.41. The van der Waals surface area contributed by atoms with Crippen LogP contribution in [0.3, 0.4) is 0 Å². The molecule has 1 atom stereocenters. The lowest BCUT2D eigenvalue weighted by Crippen LogP contribution is -2.39. The van der Waals surface area contributed by atoms with Crippen LogP contribution < -0.4 is 4.90 Å². The summed E-state index contributed by atoms with van der Waals surface area (Å²) in [5, 5.41) is 19.0. The molecule has 8 heteroatoms. The highest BCUT2D eigenvalue weighted by Gasteiger charge is 2.50. The number of unbranched alkanes of at least 4 members (excludes halogenated alkanes) is 1. The van der Waals surface area contributed by atoms with E-state index in [2.05, 4.69) is 6.07 Å². The molecular weight excluding hydrogens is 368 g/mol. The first-order chi connectivity index (χ1) is 12.8. The lowest BCUT2D eigenvalue weighted by Gasteiger charge is -2.24. The van der Waals surface area contributed by atoms with Gasteiger partial charge in [0.2, 0.25) is 0 Å². The van der Waals surface area contributed by atoms with Crippen molar-refractivity contribution in [3.63, 3.8) is 0 Å². The van der Waals surface area contributed by atoms with Crippen LogP contribution in [-0.4, -0.2) is 57.8 Å². The predicted molar refractivity (Wildman–Crippen MR) is 104 cm³/mol. The lowest BCUT2D eigenvalue weighted by atomic mass is 9.81. The van der Waals surface area contributed by atoms with Gasteiger partial charge in [-0.05, 0) is 42.9 Å². The summed E-state index contributed by atoms with van der Waals surface area (Å²) in [6.07, 6.45) is 1.43. The Morgan fingerprint density at radius 1 is 1.15 bits per heavy atom. The molecule has 1 spiro atoms. The average molecular weight is 392 g/mol. The number of rotatable bonds is 5. The van der Waals surface area contributed by atoms with Crippen LogP contribution in [0, 0.1) is 0 Å². The van der Waals surface area contributed by atoms with E-state index >= 15 is 0 Å². The first-order valence-electron chi connectivity index (χ1n) is 9.07. The molecule has 2 N–H and O–H groups in total. The minimum absolute atomic E-state index is 0.132. The molecule has 1 unspecified atom stereocenters. The molecule has 1 aromatic carbocycles. The van der Waals surface area contributed by atoms with Gasteiger partial charge in [0, 0.05) is 37.7 Å². The summed E-state index contributed by atoms with van der Waals surface area (Å²) in [5.74, 6) is 0.810. The van der Waals surface area contributed by atoms with Gasteiger partial charge in [0.15, 0.2) is 5.12 Å². The minimum Gasteiger partial charge on any atom is -0.465 e. The zero-order valence-electron chi connectivity index (χ0n) is 15.3. The molecule has 0 saturated carbocycles. The molecule has 2 heterocycles. The molecular formula is C19H24N2O5S. The number of thioether (sulfide) groups is 1. The number of anilines is 1. The van der Waals surface area contributed by atoms with E-state index in [0.29, 0.717) is 31.7 Å². The van der Waals surface area contributed by atoms with Crippen molar-refractivity contribution in [2.45, 2.75) is 38.0 Å². The van der Waals surface area contributed by atoms with E-state index in [1.807, 2.05) is 12.1 Å². The van der Waals surface area contributed by atoms with Crippen LogP contribution in [0.5, 0.6) is 0 Å². The summed E-state index contributed by atoms with van der Waals surface area (Å²) in [4.78, 5) is 36.7. The highest BCUT2D eigenvalue weighted by atomic mass is 32.2. The van der Waals surface area contributed by atoms with Gasteiger partial charge in [0.25, 0.3) is 0 Å². The smallest absolute Gasteiger partial charge is 0.411 e. The van der Waals surface area contributed by atoms with Gasteiger partial charge in [0.1, 0.15) is 0 Å². The molecule has 0 bridgehead atoms. The number of likely N-dealkylation sites (tertiary alicyclic amines) is 1. The van der Waals surface area contributed by atoms with Gasteiger partial charge in [-0.15, -0.1) is 0 Å². The van der Waals surface area contributed by atoms with Crippen LogP contribution in [0.4, 0.5) is 15.3 Å². The van der Waals surface area contributed by atoms with Crippen LogP contribution in [0.25, 0.3) is 0 Å². The van der Waals surface area contributed by atoms with Crippen LogP contribution in [0.15, 0.2) is 18.2 Å². The number of hydrogen-bond acceptors (Lipinski definition) is 4. The molecule has 0 radical (unpaired) electrons. The summed E-state index contributed by atoms with van der Waals surface area (Å²) >= 11 is 1.34. The van der Waals surface area contributed by atoms with Gasteiger partial charge < -0.3 is 15.1 Å². The van der Waals surface area contributed by atoms with Crippen molar-refractivity contribution in [1.29, 1.82) is 0 Å². The van der Waals surface area contributed by atoms with E-state index in [0.717, 1.165) is 36.1 Å². The van der Waals surface area contributed by atoms with E-state index in [1.165, 1.54) is 21.6 Å². The monoisotopic (exact) mass is 392 g/mol. The second-order valence-corrected chi connectivity index (χ2v) is 8.52. The highest BCUT2D eigenvalue weighted by Crippen LogP contribution is 2.46. The van der Waals surface area contributed by atoms with E-state index in [1.54, 1.807) is 6.92 Å². The number of amides is 2. The Labute approximate surface area is 162 Å². The average Bonchev–Trinajstić information content (AvgIpc) is 3.18. The molecule has 1 saturated heterocycles. The maximum absolute atomic E-state index is 11.7. The first kappa shape index (κ1) is 19.5. The molecule has 146 valence electrons. The molecule has 7 nitrogen and oxygen atoms in total. The molecule has 2 amide bonds. The zero-order valence-corrected chi connectivity index (χ0v) is 16.1. The van der Waals surface area contributed by atoms with Gasteiger partial charge >= 0.3 is 12.2 Å². The maximum Gasteiger partial charge on any atom is 0.411 e. The van der Waals surface area contributed by atoms with Gasteiger partial charge in [-0.3, -0.25) is 9.69 Å². The maximum atomic E-state index is 11.7. The standard InChI is InChI=1S/C19H24N2O5S/c1-13(22)27-9-3-2-4-14-5-6-16-15(10-14)19(12-21(16)18(25)26)7-8-20(11-19)17(23)24/h5-6,10H,2-4,7-9,11-12H2,1H3,(H,23,24)(H,25,26). The van der Waals surface area contributed by atoms with E-state index in [9.17, 15) is 24.6 Å².